The Kier molecular flexibility index (Phi) is 8.54. The van der Waals surface area contributed by atoms with E-state index in [1.54, 1.807) is 24.3 Å². The Hall–Kier alpha value is -1.83. The lowest BCUT2D eigenvalue weighted by molar-refractivity contribution is -0.878. The number of hydrogen-bond donors (Lipinski definition) is 2. The van der Waals surface area contributed by atoms with Gasteiger partial charge in [-0.05, 0) is 36.2 Å². The Balaban J connectivity index is 1.85. The fourth-order valence-electron chi connectivity index (χ4n) is 2.76. The highest BCUT2D eigenvalue weighted by atomic mass is 35.5. The molecule has 0 aliphatic carbocycles. The molecule has 0 saturated heterocycles. The van der Waals surface area contributed by atoms with Gasteiger partial charge in [-0.3, -0.25) is 4.79 Å². The predicted octanol–water partition coefficient (Wildman–Crippen LogP) is 2.09. The van der Waals surface area contributed by atoms with E-state index in [2.05, 4.69) is 19.3 Å². The normalized spacial score (nSPS) is 12.7. The molecule has 0 aliphatic rings. The highest BCUT2D eigenvalue weighted by Gasteiger charge is 2.18. The van der Waals surface area contributed by atoms with Crippen molar-refractivity contribution in [3.05, 3.63) is 58.5 Å². The van der Waals surface area contributed by atoms with Gasteiger partial charge in [0.1, 0.15) is 11.5 Å². The molecule has 1 unspecified atom stereocenters. The minimum absolute atomic E-state index is 0.112. The monoisotopic (exact) mass is 427 g/mol. The van der Waals surface area contributed by atoms with E-state index in [-0.39, 0.29) is 28.9 Å². The maximum Gasteiger partial charge on any atom is 0.287 e. The van der Waals surface area contributed by atoms with Crippen LogP contribution in [0.15, 0.2) is 40.8 Å². The van der Waals surface area contributed by atoms with Crippen molar-refractivity contribution in [1.29, 1.82) is 0 Å². The quantitative estimate of drug-likeness (QED) is 0.575. The van der Waals surface area contributed by atoms with Gasteiger partial charge in [-0.25, -0.2) is 8.42 Å². The molecule has 2 N–H and O–H groups in total. The molecule has 1 aromatic heterocycles. The van der Waals surface area contributed by atoms with Crippen LogP contribution in [0.4, 0.5) is 0 Å². The zero-order valence-corrected chi connectivity index (χ0v) is 17.9. The van der Waals surface area contributed by atoms with Crippen molar-refractivity contribution >= 4 is 27.3 Å². The molecule has 6 nitrogen and oxygen atoms in total. The molecule has 0 spiro atoms. The van der Waals surface area contributed by atoms with Crippen molar-refractivity contribution in [1.82, 2.24) is 5.32 Å². The highest BCUT2D eigenvalue weighted by Crippen LogP contribution is 2.17. The Labute approximate surface area is 171 Å². The first-order chi connectivity index (χ1) is 13.3. The molecule has 0 aliphatic heterocycles. The number of likely N-dealkylation sites (N-methyl/N-ethyl adjacent to an activating group) is 1. The number of hydrogen-bond acceptors (Lipinski definition) is 4. The van der Waals surface area contributed by atoms with E-state index < -0.39 is 9.84 Å². The molecule has 1 aromatic carbocycles. The van der Waals surface area contributed by atoms with Crippen LogP contribution in [-0.4, -0.2) is 41.0 Å². The van der Waals surface area contributed by atoms with Gasteiger partial charge in [-0.1, -0.05) is 37.1 Å². The van der Waals surface area contributed by atoms with E-state index in [0.717, 1.165) is 25.9 Å². The Morgan fingerprint density at radius 3 is 2.50 bits per heavy atom. The summed E-state index contributed by atoms with van der Waals surface area (Å²) in [5.41, 5.74) is 0.656. The summed E-state index contributed by atoms with van der Waals surface area (Å²) in [6, 6.07) is 9.72. The third kappa shape index (κ3) is 7.66. The maximum absolute atomic E-state index is 12.4. The van der Waals surface area contributed by atoms with Gasteiger partial charge in [-0.15, -0.1) is 0 Å². The van der Waals surface area contributed by atoms with Gasteiger partial charge < -0.3 is 14.6 Å². The number of furan rings is 1. The van der Waals surface area contributed by atoms with Gasteiger partial charge in [0.2, 0.25) is 0 Å². The summed E-state index contributed by atoms with van der Waals surface area (Å²) in [6.45, 7) is 4.59. The number of carbonyl (C=O) groups excluding carboxylic acids is 1. The van der Waals surface area contributed by atoms with E-state index in [1.807, 2.05) is 0 Å². The van der Waals surface area contributed by atoms with Gasteiger partial charge >= 0.3 is 0 Å². The van der Waals surface area contributed by atoms with E-state index >= 15 is 0 Å². The Morgan fingerprint density at radius 1 is 1.11 bits per heavy atom. The van der Waals surface area contributed by atoms with Crippen LogP contribution in [-0.2, 0) is 21.3 Å². The van der Waals surface area contributed by atoms with Crippen LogP contribution < -0.4 is 10.2 Å². The SMILES string of the molecule is CCCC[NH+](C)CCNC(=O)c1ccc(CS(=O)(=O)Cc2ccc(Cl)cc2)o1. The highest BCUT2D eigenvalue weighted by molar-refractivity contribution is 7.89. The van der Waals surface area contributed by atoms with Gasteiger partial charge in [0.05, 0.1) is 32.4 Å². The van der Waals surface area contributed by atoms with E-state index in [4.69, 9.17) is 16.0 Å². The van der Waals surface area contributed by atoms with E-state index in [9.17, 15) is 13.2 Å². The van der Waals surface area contributed by atoms with E-state index in [1.165, 1.54) is 17.0 Å². The number of quaternary nitrogens is 1. The van der Waals surface area contributed by atoms with Crippen LogP contribution in [0.3, 0.4) is 0 Å². The molecule has 154 valence electrons. The number of benzene rings is 1. The minimum atomic E-state index is -3.42. The summed E-state index contributed by atoms with van der Waals surface area (Å²) in [7, 11) is -1.33. The zero-order chi connectivity index (χ0) is 20.6. The maximum atomic E-state index is 12.4. The van der Waals surface area contributed by atoms with Crippen LogP contribution in [0.1, 0.15) is 41.6 Å². The number of nitrogens with one attached hydrogen (secondary N) is 2. The molecule has 1 heterocycles. The standard InChI is InChI=1S/C20H27ClN2O4S/c1-3-4-12-23(2)13-11-22-20(24)19-10-9-18(27-19)15-28(25,26)14-16-5-7-17(21)8-6-16/h5-10H,3-4,11-15H2,1-2H3,(H,22,24)/p+1. The third-order valence-electron chi connectivity index (χ3n) is 4.34. The summed E-state index contributed by atoms with van der Waals surface area (Å²) < 4.78 is 30.2. The summed E-state index contributed by atoms with van der Waals surface area (Å²) >= 11 is 5.82. The van der Waals surface area contributed by atoms with Crippen molar-refractivity contribution in [3.8, 4) is 0 Å². The largest absolute Gasteiger partial charge is 0.455 e. The number of halogens is 1. The fraction of sp³-hybridized carbons (Fsp3) is 0.450. The summed E-state index contributed by atoms with van der Waals surface area (Å²) in [5, 5.41) is 3.37. The topological polar surface area (TPSA) is 80.8 Å². The molecule has 0 radical (unpaired) electrons. The Bertz CT molecular complexity index is 863. The summed E-state index contributed by atoms with van der Waals surface area (Å²) in [6.07, 6.45) is 2.31. The lowest BCUT2D eigenvalue weighted by Gasteiger charge is -2.13. The molecule has 1 amide bonds. The lowest BCUT2D eigenvalue weighted by atomic mass is 10.2. The molecule has 28 heavy (non-hydrogen) atoms. The van der Waals surface area contributed by atoms with Crippen LogP contribution >= 0.6 is 11.6 Å². The van der Waals surface area contributed by atoms with Crippen molar-refractivity contribution in [2.45, 2.75) is 31.3 Å². The number of carbonyl (C=O) groups is 1. The Morgan fingerprint density at radius 2 is 1.82 bits per heavy atom. The molecule has 0 fully saturated rings. The molecular weight excluding hydrogens is 400 g/mol. The van der Waals surface area contributed by atoms with E-state index in [0.29, 0.717) is 17.1 Å². The van der Waals surface area contributed by atoms with Crippen molar-refractivity contribution in [3.63, 3.8) is 0 Å². The van der Waals surface area contributed by atoms with Gasteiger partial charge in [0.15, 0.2) is 15.6 Å². The van der Waals surface area contributed by atoms with Crippen LogP contribution in [0.5, 0.6) is 0 Å². The number of sulfone groups is 1. The average Bonchev–Trinajstić information content (AvgIpc) is 3.09. The van der Waals surface area contributed by atoms with Gasteiger partial charge in [0.25, 0.3) is 5.91 Å². The number of rotatable bonds is 11. The summed E-state index contributed by atoms with van der Waals surface area (Å²) in [4.78, 5) is 13.5. The molecule has 2 aromatic rings. The minimum Gasteiger partial charge on any atom is -0.455 e. The second-order valence-corrected chi connectivity index (χ2v) is 9.49. The molecule has 2 rings (SSSR count). The first kappa shape index (κ1) is 22.5. The van der Waals surface area contributed by atoms with Crippen LogP contribution in [0.25, 0.3) is 0 Å². The average molecular weight is 428 g/mol. The van der Waals surface area contributed by atoms with Crippen molar-refractivity contribution < 1.29 is 22.5 Å². The summed E-state index contributed by atoms with van der Waals surface area (Å²) in [5.74, 6) is -0.316. The molecule has 8 heteroatoms. The molecule has 0 bridgehead atoms. The first-order valence-electron chi connectivity index (χ1n) is 9.42. The van der Waals surface area contributed by atoms with Gasteiger partial charge in [-0.2, -0.15) is 0 Å². The smallest absolute Gasteiger partial charge is 0.287 e. The van der Waals surface area contributed by atoms with Crippen LogP contribution in [0.2, 0.25) is 5.02 Å². The number of amides is 1. The van der Waals surface area contributed by atoms with Gasteiger partial charge in [0, 0.05) is 5.02 Å². The first-order valence-corrected chi connectivity index (χ1v) is 11.6. The second kappa shape index (κ2) is 10.6. The third-order valence-corrected chi connectivity index (χ3v) is 6.09. The zero-order valence-electron chi connectivity index (χ0n) is 16.3. The molecule has 0 saturated carbocycles. The second-order valence-electron chi connectivity index (χ2n) is 6.99. The number of unbranched alkanes of at least 4 members (excludes halogenated alkanes) is 1. The predicted molar refractivity (Wildman–Crippen MR) is 110 cm³/mol. The molecule has 1 atom stereocenters. The van der Waals surface area contributed by atoms with Crippen molar-refractivity contribution in [2.24, 2.45) is 0 Å². The lowest BCUT2D eigenvalue weighted by Crippen LogP contribution is -3.09. The van der Waals surface area contributed by atoms with Crippen LogP contribution in [0, 0.1) is 0 Å². The fourth-order valence-corrected chi connectivity index (χ4v) is 4.28. The molecular formula is C20H28ClN2O4S+. The van der Waals surface area contributed by atoms with Crippen molar-refractivity contribution in [2.75, 3.05) is 26.7 Å².